The highest BCUT2D eigenvalue weighted by atomic mass is 19.4. The van der Waals surface area contributed by atoms with Crippen molar-refractivity contribution >= 4 is 5.78 Å². The monoisotopic (exact) mass is 261 g/mol. The maximum absolute atomic E-state index is 12.2. The van der Waals surface area contributed by atoms with Crippen molar-refractivity contribution < 1.29 is 18.0 Å². The zero-order valence-corrected chi connectivity index (χ0v) is 9.78. The lowest BCUT2D eigenvalue weighted by Crippen LogP contribution is -2.23. The minimum Gasteiger partial charge on any atom is -0.282 e. The lowest BCUT2D eigenvalue weighted by Gasteiger charge is -2.20. The number of hydrogen-bond acceptors (Lipinski definition) is 3. The number of halogens is 3. The molecular weight excluding hydrogens is 247 g/mol. The van der Waals surface area contributed by atoms with Crippen LogP contribution in [-0.2, 0) is 6.54 Å². The molecule has 2 rings (SSSR count). The highest BCUT2D eigenvalue weighted by Gasteiger charge is 2.41. The van der Waals surface area contributed by atoms with E-state index in [9.17, 15) is 18.0 Å². The van der Waals surface area contributed by atoms with Crippen molar-refractivity contribution in [3.8, 4) is 0 Å². The van der Waals surface area contributed by atoms with Gasteiger partial charge < -0.3 is 0 Å². The van der Waals surface area contributed by atoms with E-state index in [-0.39, 0.29) is 0 Å². The van der Waals surface area contributed by atoms with Crippen LogP contribution >= 0.6 is 0 Å². The Morgan fingerprint density at radius 1 is 1.33 bits per heavy atom. The Balaban J connectivity index is 1.99. The van der Waals surface area contributed by atoms with E-state index in [0.29, 0.717) is 12.5 Å². The van der Waals surface area contributed by atoms with E-state index >= 15 is 0 Å². The largest absolute Gasteiger partial charge is 0.456 e. The highest BCUT2D eigenvalue weighted by molar-refractivity contribution is 5.98. The number of alkyl halides is 3. The van der Waals surface area contributed by atoms with Crippen molar-refractivity contribution in [1.29, 1.82) is 0 Å². The summed E-state index contributed by atoms with van der Waals surface area (Å²) in [6.07, 6.45) is 1.83. The summed E-state index contributed by atoms with van der Waals surface area (Å²) in [4.78, 5) is 10.9. The molecule has 18 heavy (non-hydrogen) atoms. The minimum absolute atomic E-state index is 0.425. The van der Waals surface area contributed by atoms with E-state index in [2.05, 4.69) is 10.3 Å². The van der Waals surface area contributed by atoms with Gasteiger partial charge in [0.1, 0.15) is 0 Å². The highest BCUT2D eigenvalue weighted by Crippen LogP contribution is 2.25. The average molecular weight is 261 g/mol. The van der Waals surface area contributed by atoms with E-state index in [1.54, 1.807) is 0 Å². The quantitative estimate of drug-likeness (QED) is 0.786. The fraction of sp³-hybridized carbons (Fsp3) is 0.727. The second kappa shape index (κ2) is 5.07. The van der Waals surface area contributed by atoms with Crippen LogP contribution in [-0.4, -0.2) is 27.0 Å². The van der Waals surface area contributed by atoms with E-state index in [4.69, 9.17) is 0 Å². The van der Waals surface area contributed by atoms with Crippen LogP contribution in [0.5, 0.6) is 0 Å². The summed E-state index contributed by atoms with van der Waals surface area (Å²) in [6, 6.07) is 0. The Labute approximate surface area is 102 Å². The van der Waals surface area contributed by atoms with E-state index < -0.39 is 17.7 Å². The van der Waals surface area contributed by atoms with E-state index in [0.717, 1.165) is 31.9 Å². The fourth-order valence-electron chi connectivity index (χ4n) is 2.27. The number of rotatable bonds is 3. The second-order valence-electron chi connectivity index (χ2n) is 4.66. The molecule has 4 nitrogen and oxygen atoms in total. The van der Waals surface area contributed by atoms with Gasteiger partial charge in [-0.2, -0.15) is 13.2 Å². The van der Waals surface area contributed by atoms with Gasteiger partial charge in [-0.3, -0.25) is 9.48 Å². The first-order valence-electron chi connectivity index (χ1n) is 5.98. The van der Waals surface area contributed by atoms with Crippen LogP contribution < -0.4 is 0 Å². The molecule has 0 amide bonds. The third-order valence-electron chi connectivity index (χ3n) is 3.20. The van der Waals surface area contributed by atoms with Crippen molar-refractivity contribution in [3.05, 3.63) is 11.9 Å². The van der Waals surface area contributed by atoms with Crippen LogP contribution in [0.2, 0.25) is 0 Å². The Morgan fingerprint density at radius 2 is 2.00 bits per heavy atom. The van der Waals surface area contributed by atoms with Crippen molar-refractivity contribution in [2.75, 3.05) is 0 Å². The van der Waals surface area contributed by atoms with Crippen LogP contribution in [0.4, 0.5) is 13.2 Å². The SMILES string of the molecule is O=C(c1cn(CC2CCCCC2)nn1)C(F)(F)F. The standard InChI is InChI=1S/C11H14F3N3O/c12-11(13,14)10(18)9-7-17(16-15-9)6-8-4-2-1-3-5-8/h7-8H,1-6H2. The summed E-state index contributed by atoms with van der Waals surface area (Å²) < 4.78 is 37.9. The lowest BCUT2D eigenvalue weighted by atomic mass is 9.89. The van der Waals surface area contributed by atoms with Gasteiger partial charge in [0.15, 0.2) is 5.69 Å². The molecule has 0 spiro atoms. The Hall–Kier alpha value is -1.40. The first-order valence-corrected chi connectivity index (χ1v) is 5.98. The molecule has 1 heterocycles. The van der Waals surface area contributed by atoms with Gasteiger partial charge >= 0.3 is 6.18 Å². The van der Waals surface area contributed by atoms with Gasteiger partial charge in [0.25, 0.3) is 5.78 Å². The van der Waals surface area contributed by atoms with Crippen LogP contribution in [0.3, 0.4) is 0 Å². The number of aromatic nitrogens is 3. The number of carbonyl (C=O) groups is 1. The maximum atomic E-state index is 12.2. The average Bonchev–Trinajstić information content (AvgIpc) is 2.76. The molecule has 7 heteroatoms. The Bertz CT molecular complexity index is 421. The van der Waals surface area contributed by atoms with Crippen molar-refractivity contribution in [1.82, 2.24) is 15.0 Å². The predicted molar refractivity (Wildman–Crippen MR) is 57.0 cm³/mol. The minimum atomic E-state index is -4.88. The molecule has 1 aliphatic rings. The predicted octanol–water partition coefficient (Wildman–Crippen LogP) is 2.60. The molecular formula is C11H14F3N3O. The maximum Gasteiger partial charge on any atom is 0.456 e. The van der Waals surface area contributed by atoms with Crippen molar-refractivity contribution in [2.45, 2.75) is 44.8 Å². The molecule has 1 aromatic heterocycles. The normalized spacial score (nSPS) is 17.9. The van der Waals surface area contributed by atoms with Crippen LogP contribution in [0, 0.1) is 5.92 Å². The van der Waals surface area contributed by atoms with E-state index in [1.807, 2.05) is 0 Å². The molecule has 0 unspecified atom stereocenters. The second-order valence-corrected chi connectivity index (χ2v) is 4.66. The van der Waals surface area contributed by atoms with Gasteiger partial charge in [0.2, 0.25) is 0 Å². The summed E-state index contributed by atoms with van der Waals surface area (Å²) in [5, 5.41) is 6.88. The number of carbonyl (C=O) groups excluding carboxylic acids is 1. The van der Waals surface area contributed by atoms with Gasteiger partial charge in [0, 0.05) is 6.54 Å². The molecule has 0 aromatic carbocycles. The molecule has 0 atom stereocenters. The number of Topliss-reactive ketones (excluding diaryl/α,β-unsaturated/α-hetero) is 1. The Kier molecular flexibility index (Phi) is 3.68. The molecule has 1 fully saturated rings. The molecule has 0 saturated heterocycles. The van der Waals surface area contributed by atoms with Gasteiger partial charge in [-0.05, 0) is 18.8 Å². The van der Waals surface area contributed by atoms with Gasteiger partial charge in [-0.25, -0.2) is 0 Å². The molecule has 0 N–H and O–H groups in total. The van der Waals surface area contributed by atoms with Crippen LogP contribution in [0.25, 0.3) is 0 Å². The zero-order chi connectivity index (χ0) is 13.2. The Morgan fingerprint density at radius 3 is 2.61 bits per heavy atom. The summed E-state index contributed by atoms with van der Waals surface area (Å²) in [7, 11) is 0. The van der Waals surface area contributed by atoms with Gasteiger partial charge in [-0.1, -0.05) is 24.5 Å². The fourth-order valence-corrected chi connectivity index (χ4v) is 2.27. The summed E-state index contributed by atoms with van der Waals surface area (Å²) in [5.74, 6) is -1.51. The molecule has 1 aliphatic carbocycles. The smallest absolute Gasteiger partial charge is 0.282 e. The summed E-state index contributed by atoms with van der Waals surface area (Å²) in [6.45, 7) is 0.540. The van der Waals surface area contributed by atoms with Gasteiger partial charge in [-0.15, -0.1) is 5.10 Å². The first kappa shape index (κ1) is 13.0. The molecule has 0 aliphatic heterocycles. The van der Waals surface area contributed by atoms with Crippen molar-refractivity contribution in [2.24, 2.45) is 5.92 Å². The van der Waals surface area contributed by atoms with Crippen LogP contribution in [0.15, 0.2) is 6.20 Å². The molecule has 1 saturated carbocycles. The molecule has 0 radical (unpaired) electrons. The first-order chi connectivity index (χ1) is 8.47. The molecule has 0 bridgehead atoms. The van der Waals surface area contributed by atoms with Gasteiger partial charge in [0.05, 0.1) is 6.20 Å². The van der Waals surface area contributed by atoms with Crippen molar-refractivity contribution in [3.63, 3.8) is 0 Å². The topological polar surface area (TPSA) is 47.8 Å². The number of ketones is 1. The third kappa shape index (κ3) is 3.08. The number of hydrogen-bond donors (Lipinski definition) is 0. The number of nitrogens with zero attached hydrogens (tertiary/aromatic N) is 3. The summed E-state index contributed by atoms with van der Waals surface area (Å²) in [5.41, 5.74) is -0.627. The third-order valence-corrected chi connectivity index (χ3v) is 3.20. The molecule has 1 aromatic rings. The lowest BCUT2D eigenvalue weighted by molar-refractivity contribution is -0.0888. The zero-order valence-electron chi connectivity index (χ0n) is 9.78. The van der Waals surface area contributed by atoms with Crippen LogP contribution in [0.1, 0.15) is 42.6 Å². The van der Waals surface area contributed by atoms with E-state index in [1.165, 1.54) is 11.1 Å². The summed E-state index contributed by atoms with van der Waals surface area (Å²) >= 11 is 0. The molecule has 100 valence electrons.